The Morgan fingerprint density at radius 3 is 2.54 bits per heavy atom. The van der Waals surface area contributed by atoms with Crippen molar-refractivity contribution in [1.29, 1.82) is 0 Å². The topological polar surface area (TPSA) is 94.6 Å². The first-order valence-electron chi connectivity index (χ1n) is 8.19. The number of amides is 1. The van der Waals surface area contributed by atoms with Crippen molar-refractivity contribution in [3.05, 3.63) is 35.8 Å². The number of rotatable bonds is 9. The second kappa shape index (κ2) is 9.57. The van der Waals surface area contributed by atoms with E-state index < -0.39 is 0 Å². The maximum absolute atomic E-state index is 12.5. The number of carbonyl (C=O) groups is 1. The van der Waals surface area contributed by atoms with Crippen LogP contribution in [0.1, 0.15) is 22.7 Å². The van der Waals surface area contributed by atoms with Crippen LogP contribution in [0.4, 0.5) is 11.5 Å². The summed E-state index contributed by atoms with van der Waals surface area (Å²) in [5.74, 6) is 1.91. The second-order valence-electron chi connectivity index (χ2n) is 5.48. The number of benzene rings is 1. The third-order valence-electron chi connectivity index (χ3n) is 3.54. The van der Waals surface area contributed by atoms with Crippen molar-refractivity contribution in [2.24, 2.45) is 0 Å². The number of carbonyl (C=O) groups excluding carboxylic acids is 1. The Hall–Kier alpha value is -2.87. The van der Waals surface area contributed by atoms with Gasteiger partial charge in [0.05, 0.1) is 14.2 Å². The van der Waals surface area contributed by atoms with Crippen LogP contribution >= 0.6 is 0 Å². The van der Waals surface area contributed by atoms with Gasteiger partial charge in [0.15, 0.2) is 11.5 Å². The number of methoxy groups -OCH3 is 3. The van der Waals surface area contributed by atoms with E-state index in [9.17, 15) is 4.79 Å². The third-order valence-corrected chi connectivity index (χ3v) is 3.54. The molecule has 0 bridgehead atoms. The lowest BCUT2D eigenvalue weighted by Gasteiger charge is -2.11. The predicted octanol–water partition coefficient (Wildman–Crippen LogP) is 2.50. The van der Waals surface area contributed by atoms with E-state index in [1.165, 1.54) is 0 Å². The number of anilines is 2. The number of hydrogen-bond acceptors (Lipinski definition) is 7. The standard InChI is InChI=1S/C18H24N4O4/c1-12-20-14(11-17(21-12)19-8-5-9-24-2)18(23)22-13-6-7-15(25-3)16(10-13)26-4/h6-7,10-11H,5,8-9H2,1-4H3,(H,22,23)(H,19,20,21). The highest BCUT2D eigenvalue weighted by Crippen LogP contribution is 2.29. The number of aryl methyl sites for hydroxylation is 1. The number of nitrogens with one attached hydrogen (secondary N) is 2. The molecule has 0 aliphatic rings. The fraction of sp³-hybridized carbons (Fsp3) is 0.389. The third kappa shape index (κ3) is 5.32. The van der Waals surface area contributed by atoms with Gasteiger partial charge in [-0.05, 0) is 25.5 Å². The van der Waals surface area contributed by atoms with Crippen molar-refractivity contribution in [2.75, 3.05) is 45.1 Å². The zero-order valence-electron chi connectivity index (χ0n) is 15.5. The monoisotopic (exact) mass is 360 g/mol. The summed E-state index contributed by atoms with van der Waals surface area (Å²) in [7, 11) is 4.76. The van der Waals surface area contributed by atoms with Crippen LogP contribution in [0, 0.1) is 6.92 Å². The summed E-state index contributed by atoms with van der Waals surface area (Å²) < 4.78 is 15.4. The van der Waals surface area contributed by atoms with Crippen molar-refractivity contribution in [3.63, 3.8) is 0 Å². The number of aromatic nitrogens is 2. The molecule has 2 N–H and O–H groups in total. The molecule has 1 amide bonds. The maximum atomic E-state index is 12.5. The van der Waals surface area contributed by atoms with Gasteiger partial charge in [0.2, 0.25) is 0 Å². The normalized spacial score (nSPS) is 10.3. The van der Waals surface area contributed by atoms with Gasteiger partial charge in [-0.3, -0.25) is 4.79 Å². The van der Waals surface area contributed by atoms with Gasteiger partial charge in [-0.2, -0.15) is 0 Å². The lowest BCUT2D eigenvalue weighted by atomic mass is 10.2. The van der Waals surface area contributed by atoms with Crippen LogP contribution in [0.15, 0.2) is 24.3 Å². The minimum atomic E-state index is -0.331. The summed E-state index contributed by atoms with van der Waals surface area (Å²) in [4.78, 5) is 21.0. The molecule has 140 valence electrons. The van der Waals surface area contributed by atoms with Gasteiger partial charge in [0.1, 0.15) is 17.3 Å². The summed E-state index contributed by atoms with van der Waals surface area (Å²) in [6.45, 7) is 3.10. The Kier molecular flexibility index (Phi) is 7.16. The first-order valence-corrected chi connectivity index (χ1v) is 8.19. The highest BCUT2D eigenvalue weighted by molar-refractivity contribution is 6.03. The molecule has 0 saturated carbocycles. The fourth-order valence-corrected chi connectivity index (χ4v) is 2.32. The molecule has 0 unspecified atom stereocenters. The summed E-state index contributed by atoms with van der Waals surface area (Å²) in [5, 5.41) is 5.97. The molecule has 1 heterocycles. The van der Waals surface area contributed by atoms with Gasteiger partial charge in [0.25, 0.3) is 5.91 Å². The minimum Gasteiger partial charge on any atom is -0.493 e. The molecule has 26 heavy (non-hydrogen) atoms. The fourth-order valence-electron chi connectivity index (χ4n) is 2.32. The molecular weight excluding hydrogens is 336 g/mol. The van der Waals surface area contributed by atoms with Crippen LogP contribution in [-0.4, -0.2) is 50.4 Å². The molecule has 0 spiro atoms. The van der Waals surface area contributed by atoms with Crippen molar-refractivity contribution in [3.8, 4) is 11.5 Å². The van der Waals surface area contributed by atoms with E-state index in [0.29, 0.717) is 42.0 Å². The van der Waals surface area contributed by atoms with Crippen LogP contribution in [0.3, 0.4) is 0 Å². The average molecular weight is 360 g/mol. The summed E-state index contributed by atoms with van der Waals surface area (Å²) in [5.41, 5.74) is 0.861. The molecule has 8 nitrogen and oxygen atoms in total. The Labute approximate surface area is 152 Å². The van der Waals surface area contributed by atoms with Crippen LogP contribution in [-0.2, 0) is 4.74 Å². The van der Waals surface area contributed by atoms with Crippen molar-refractivity contribution in [1.82, 2.24) is 9.97 Å². The number of nitrogens with zero attached hydrogens (tertiary/aromatic N) is 2. The van der Waals surface area contributed by atoms with Gasteiger partial charge in [-0.15, -0.1) is 0 Å². The van der Waals surface area contributed by atoms with E-state index in [1.807, 2.05) is 0 Å². The highest BCUT2D eigenvalue weighted by atomic mass is 16.5. The van der Waals surface area contributed by atoms with Crippen LogP contribution in [0.25, 0.3) is 0 Å². The van der Waals surface area contributed by atoms with Crippen molar-refractivity contribution >= 4 is 17.4 Å². The molecule has 1 aromatic carbocycles. The van der Waals surface area contributed by atoms with Gasteiger partial charge < -0.3 is 24.8 Å². The molecule has 0 atom stereocenters. The van der Waals surface area contributed by atoms with Crippen molar-refractivity contribution < 1.29 is 19.0 Å². The smallest absolute Gasteiger partial charge is 0.274 e. The first-order chi connectivity index (χ1) is 12.6. The summed E-state index contributed by atoms with van der Waals surface area (Å²) in [6.07, 6.45) is 0.840. The maximum Gasteiger partial charge on any atom is 0.274 e. The molecule has 1 aromatic heterocycles. The van der Waals surface area contributed by atoms with Crippen molar-refractivity contribution in [2.45, 2.75) is 13.3 Å². The second-order valence-corrected chi connectivity index (χ2v) is 5.48. The highest BCUT2D eigenvalue weighted by Gasteiger charge is 2.12. The largest absolute Gasteiger partial charge is 0.493 e. The van der Waals surface area contributed by atoms with E-state index in [1.54, 1.807) is 52.5 Å². The zero-order valence-corrected chi connectivity index (χ0v) is 15.5. The molecule has 2 aromatic rings. The molecule has 8 heteroatoms. The average Bonchev–Trinajstić information content (AvgIpc) is 2.64. The zero-order chi connectivity index (χ0) is 18.9. The van der Waals surface area contributed by atoms with E-state index in [0.717, 1.165) is 6.42 Å². The quantitative estimate of drug-likeness (QED) is 0.664. The Morgan fingerprint density at radius 1 is 1.08 bits per heavy atom. The molecular formula is C18H24N4O4. The molecule has 0 fully saturated rings. The predicted molar refractivity (Wildman–Crippen MR) is 99.3 cm³/mol. The van der Waals surface area contributed by atoms with E-state index >= 15 is 0 Å². The molecule has 0 radical (unpaired) electrons. The number of hydrogen-bond donors (Lipinski definition) is 2. The molecule has 0 saturated heterocycles. The van der Waals surface area contributed by atoms with Crippen LogP contribution < -0.4 is 20.1 Å². The minimum absolute atomic E-state index is 0.279. The van der Waals surface area contributed by atoms with E-state index in [-0.39, 0.29) is 11.6 Å². The summed E-state index contributed by atoms with van der Waals surface area (Å²) in [6, 6.07) is 6.77. The molecule has 0 aliphatic heterocycles. The van der Waals surface area contributed by atoms with Gasteiger partial charge in [0, 0.05) is 38.1 Å². The molecule has 0 aliphatic carbocycles. The van der Waals surface area contributed by atoms with E-state index in [4.69, 9.17) is 14.2 Å². The van der Waals surface area contributed by atoms with Gasteiger partial charge in [-0.25, -0.2) is 9.97 Å². The van der Waals surface area contributed by atoms with Gasteiger partial charge >= 0.3 is 0 Å². The Morgan fingerprint density at radius 2 is 1.85 bits per heavy atom. The Bertz CT molecular complexity index is 752. The number of ether oxygens (including phenoxy) is 3. The first kappa shape index (κ1) is 19.5. The Balaban J connectivity index is 2.10. The lowest BCUT2D eigenvalue weighted by molar-refractivity contribution is 0.102. The SMILES string of the molecule is COCCCNc1cc(C(=O)Nc2ccc(OC)c(OC)c2)nc(C)n1. The molecule has 2 rings (SSSR count). The van der Waals surface area contributed by atoms with E-state index in [2.05, 4.69) is 20.6 Å². The van der Waals surface area contributed by atoms with Gasteiger partial charge in [-0.1, -0.05) is 0 Å². The summed E-state index contributed by atoms with van der Waals surface area (Å²) >= 11 is 0. The lowest BCUT2D eigenvalue weighted by Crippen LogP contribution is -2.16. The van der Waals surface area contributed by atoms with Crippen LogP contribution in [0.5, 0.6) is 11.5 Å². The van der Waals surface area contributed by atoms with Crippen LogP contribution in [0.2, 0.25) is 0 Å².